The van der Waals surface area contributed by atoms with Crippen LogP contribution in [0, 0.1) is 0 Å². The van der Waals surface area contributed by atoms with Crippen LogP contribution in [0.4, 0.5) is 0 Å². The van der Waals surface area contributed by atoms with Crippen LogP contribution in [0.15, 0.2) is 12.1 Å². The molecular formula is C14H19NO4. The third kappa shape index (κ3) is 2.51. The zero-order valence-electron chi connectivity index (χ0n) is 11.9. The molecule has 0 bridgehead atoms. The van der Waals surface area contributed by atoms with Crippen LogP contribution in [-0.4, -0.2) is 25.7 Å². The van der Waals surface area contributed by atoms with Crippen molar-refractivity contribution in [2.24, 2.45) is 0 Å². The lowest BCUT2D eigenvalue weighted by molar-refractivity contribution is 0.0240. The van der Waals surface area contributed by atoms with E-state index in [1.165, 1.54) is 14.2 Å². The average Bonchev–Trinajstić information content (AvgIpc) is 2.63. The van der Waals surface area contributed by atoms with E-state index in [0.29, 0.717) is 17.1 Å². The number of esters is 1. The second kappa shape index (κ2) is 4.74. The SMILES string of the molecule is COc1ccc2c(c1OC)C(=O)O[C@H]2NC(C)(C)C. The predicted octanol–water partition coefficient (Wildman–Crippen LogP) is 2.26. The summed E-state index contributed by atoms with van der Waals surface area (Å²) in [5.74, 6) is 0.547. The Morgan fingerprint density at radius 1 is 1.21 bits per heavy atom. The molecule has 0 unspecified atom stereocenters. The van der Waals surface area contributed by atoms with Crippen molar-refractivity contribution >= 4 is 5.97 Å². The molecule has 0 radical (unpaired) electrons. The fourth-order valence-electron chi connectivity index (χ4n) is 2.10. The highest BCUT2D eigenvalue weighted by atomic mass is 16.6. The lowest BCUT2D eigenvalue weighted by Gasteiger charge is -2.25. The van der Waals surface area contributed by atoms with Gasteiger partial charge in [0.2, 0.25) is 0 Å². The normalized spacial score (nSPS) is 17.9. The highest BCUT2D eigenvalue weighted by molar-refractivity contribution is 5.98. The number of fused-ring (bicyclic) bond motifs is 1. The van der Waals surface area contributed by atoms with E-state index in [1.54, 1.807) is 6.07 Å². The number of carbonyl (C=O) groups excluding carboxylic acids is 1. The summed E-state index contributed by atoms with van der Waals surface area (Å²) in [6, 6.07) is 3.60. The summed E-state index contributed by atoms with van der Waals surface area (Å²) in [5, 5.41) is 3.25. The van der Waals surface area contributed by atoms with Gasteiger partial charge in [-0.25, -0.2) is 4.79 Å². The number of hydrogen-bond acceptors (Lipinski definition) is 5. The highest BCUT2D eigenvalue weighted by Gasteiger charge is 2.37. The van der Waals surface area contributed by atoms with Gasteiger partial charge in [-0.2, -0.15) is 0 Å². The van der Waals surface area contributed by atoms with E-state index < -0.39 is 12.2 Å². The summed E-state index contributed by atoms with van der Waals surface area (Å²) in [7, 11) is 3.05. The van der Waals surface area contributed by atoms with Gasteiger partial charge in [0.1, 0.15) is 5.56 Å². The molecule has 0 spiro atoms. The predicted molar refractivity (Wildman–Crippen MR) is 70.6 cm³/mol. The molecule has 104 valence electrons. The van der Waals surface area contributed by atoms with Gasteiger partial charge in [-0.15, -0.1) is 0 Å². The largest absolute Gasteiger partial charge is 0.493 e. The molecule has 5 heteroatoms. The quantitative estimate of drug-likeness (QED) is 0.850. The van der Waals surface area contributed by atoms with Crippen LogP contribution < -0.4 is 14.8 Å². The highest BCUT2D eigenvalue weighted by Crippen LogP contribution is 2.41. The molecule has 1 aromatic carbocycles. The first-order valence-electron chi connectivity index (χ1n) is 6.11. The van der Waals surface area contributed by atoms with E-state index in [0.717, 1.165) is 5.56 Å². The van der Waals surface area contributed by atoms with Crippen LogP contribution >= 0.6 is 0 Å². The van der Waals surface area contributed by atoms with Crippen molar-refractivity contribution in [2.75, 3.05) is 14.2 Å². The van der Waals surface area contributed by atoms with Gasteiger partial charge in [-0.05, 0) is 32.9 Å². The fourth-order valence-corrected chi connectivity index (χ4v) is 2.10. The lowest BCUT2D eigenvalue weighted by atomic mass is 10.0. The van der Waals surface area contributed by atoms with Gasteiger partial charge < -0.3 is 14.2 Å². The monoisotopic (exact) mass is 265 g/mol. The van der Waals surface area contributed by atoms with Gasteiger partial charge in [-0.1, -0.05) is 0 Å². The first-order valence-corrected chi connectivity index (χ1v) is 6.11. The number of rotatable bonds is 3. The molecule has 0 aliphatic carbocycles. The van der Waals surface area contributed by atoms with Gasteiger partial charge in [0.15, 0.2) is 17.7 Å². The summed E-state index contributed by atoms with van der Waals surface area (Å²) < 4.78 is 15.8. The smallest absolute Gasteiger partial charge is 0.344 e. The van der Waals surface area contributed by atoms with Crippen molar-refractivity contribution in [3.8, 4) is 11.5 Å². The molecule has 1 aliphatic heterocycles. The third-order valence-corrected chi connectivity index (χ3v) is 2.85. The van der Waals surface area contributed by atoms with E-state index >= 15 is 0 Å². The number of methoxy groups -OCH3 is 2. The molecule has 19 heavy (non-hydrogen) atoms. The number of ether oxygens (including phenoxy) is 3. The summed E-state index contributed by atoms with van der Waals surface area (Å²) >= 11 is 0. The topological polar surface area (TPSA) is 56.8 Å². The van der Waals surface area contributed by atoms with Crippen molar-refractivity contribution < 1.29 is 19.0 Å². The Kier molecular flexibility index (Phi) is 3.41. The molecule has 0 aromatic heterocycles. The number of hydrogen-bond donors (Lipinski definition) is 1. The van der Waals surface area contributed by atoms with E-state index in [4.69, 9.17) is 14.2 Å². The van der Waals surface area contributed by atoms with Gasteiger partial charge in [0, 0.05) is 11.1 Å². The van der Waals surface area contributed by atoms with Crippen LogP contribution in [0.2, 0.25) is 0 Å². The van der Waals surface area contributed by atoms with Crippen LogP contribution in [0.25, 0.3) is 0 Å². The van der Waals surface area contributed by atoms with Gasteiger partial charge >= 0.3 is 5.97 Å². The average molecular weight is 265 g/mol. The van der Waals surface area contributed by atoms with Crippen LogP contribution in [0.5, 0.6) is 11.5 Å². The molecule has 1 heterocycles. The van der Waals surface area contributed by atoms with Gasteiger partial charge in [0.05, 0.1) is 14.2 Å². The molecule has 0 amide bonds. The zero-order valence-corrected chi connectivity index (χ0v) is 11.9. The minimum Gasteiger partial charge on any atom is -0.493 e. The maximum atomic E-state index is 12.0. The molecule has 0 saturated heterocycles. The van der Waals surface area contributed by atoms with Crippen molar-refractivity contribution in [1.82, 2.24) is 5.32 Å². The summed E-state index contributed by atoms with van der Waals surface area (Å²) in [6.45, 7) is 6.04. The Bertz CT molecular complexity index is 505. The molecule has 1 atom stereocenters. The first kappa shape index (κ1) is 13.7. The van der Waals surface area contributed by atoms with Crippen LogP contribution in [-0.2, 0) is 4.74 Å². The van der Waals surface area contributed by atoms with Crippen LogP contribution in [0.1, 0.15) is 42.9 Å². The standard InChI is InChI=1S/C14H19NO4/c1-14(2,3)15-12-8-6-7-9(17-4)11(18-5)10(8)13(16)19-12/h6-7,12,15H,1-5H3/t12-/m1/s1. The van der Waals surface area contributed by atoms with Gasteiger partial charge in [0.25, 0.3) is 0 Å². The summed E-state index contributed by atoms with van der Waals surface area (Å²) in [6.07, 6.45) is -0.456. The van der Waals surface area contributed by atoms with Crippen molar-refractivity contribution in [1.29, 1.82) is 0 Å². The maximum Gasteiger partial charge on any atom is 0.344 e. The fraction of sp³-hybridized carbons (Fsp3) is 0.500. The molecule has 1 aromatic rings. The maximum absolute atomic E-state index is 12.0. The zero-order chi connectivity index (χ0) is 14.2. The number of benzene rings is 1. The number of nitrogens with one attached hydrogen (secondary N) is 1. The molecule has 1 aliphatic rings. The molecular weight excluding hydrogens is 246 g/mol. The molecule has 0 fully saturated rings. The Balaban J connectivity index is 2.46. The van der Waals surface area contributed by atoms with Crippen molar-refractivity contribution in [3.05, 3.63) is 23.3 Å². The third-order valence-electron chi connectivity index (χ3n) is 2.85. The second-order valence-corrected chi connectivity index (χ2v) is 5.44. The Labute approximate surface area is 112 Å². The van der Waals surface area contributed by atoms with E-state index in [9.17, 15) is 4.79 Å². The van der Waals surface area contributed by atoms with Crippen LogP contribution in [0.3, 0.4) is 0 Å². The van der Waals surface area contributed by atoms with Crippen molar-refractivity contribution in [3.63, 3.8) is 0 Å². The number of cyclic esters (lactones) is 1. The first-order chi connectivity index (χ1) is 8.87. The summed E-state index contributed by atoms with van der Waals surface area (Å²) in [4.78, 5) is 12.0. The minimum atomic E-state index is -0.456. The minimum absolute atomic E-state index is 0.167. The lowest BCUT2D eigenvalue weighted by Crippen LogP contribution is -2.38. The molecule has 5 nitrogen and oxygen atoms in total. The van der Waals surface area contributed by atoms with Crippen molar-refractivity contribution in [2.45, 2.75) is 32.5 Å². The molecule has 0 saturated carbocycles. The molecule has 1 N–H and O–H groups in total. The Morgan fingerprint density at radius 2 is 1.89 bits per heavy atom. The Hall–Kier alpha value is -1.75. The second-order valence-electron chi connectivity index (χ2n) is 5.44. The van der Waals surface area contributed by atoms with E-state index in [1.807, 2.05) is 26.8 Å². The Morgan fingerprint density at radius 3 is 2.42 bits per heavy atom. The van der Waals surface area contributed by atoms with E-state index in [2.05, 4.69) is 5.32 Å². The summed E-state index contributed by atoms with van der Waals surface area (Å²) in [5.41, 5.74) is 1.04. The molecule has 2 rings (SSSR count). The number of carbonyl (C=O) groups is 1. The van der Waals surface area contributed by atoms with E-state index in [-0.39, 0.29) is 5.54 Å². The van der Waals surface area contributed by atoms with Gasteiger partial charge in [-0.3, -0.25) is 5.32 Å².